The van der Waals surface area contributed by atoms with Gasteiger partial charge >= 0.3 is 5.97 Å². The summed E-state index contributed by atoms with van der Waals surface area (Å²) < 4.78 is 5.08. The highest BCUT2D eigenvalue weighted by Crippen LogP contribution is 2.12. The molecule has 0 spiro atoms. The minimum Gasteiger partial charge on any atom is -0.457 e. The van der Waals surface area contributed by atoms with Gasteiger partial charge in [-0.25, -0.2) is 4.79 Å². The van der Waals surface area contributed by atoms with Gasteiger partial charge in [0.25, 0.3) is 5.91 Å². The van der Waals surface area contributed by atoms with Crippen LogP contribution in [-0.2, 0) is 14.3 Å². The number of aliphatic hydroxyl groups is 2. The maximum atomic E-state index is 12.0. The number of carbonyl (C=O) groups excluding carboxylic acids is 2. The van der Waals surface area contributed by atoms with E-state index in [-0.39, 0.29) is 0 Å². The van der Waals surface area contributed by atoms with Crippen molar-refractivity contribution in [3.8, 4) is 0 Å². The van der Waals surface area contributed by atoms with Crippen molar-refractivity contribution in [2.45, 2.75) is 38.5 Å². The third-order valence-electron chi connectivity index (χ3n) is 2.76. The van der Waals surface area contributed by atoms with Gasteiger partial charge in [0.05, 0.1) is 12.6 Å². The lowest BCUT2D eigenvalue weighted by molar-refractivity contribution is -0.148. The number of rotatable bonds is 6. The van der Waals surface area contributed by atoms with Crippen molar-refractivity contribution >= 4 is 11.9 Å². The van der Waals surface area contributed by atoms with Crippen LogP contribution in [0.15, 0.2) is 42.5 Å². The summed E-state index contributed by atoms with van der Waals surface area (Å²) in [7, 11) is 0. The fraction of sp³-hybridized carbons (Fsp3) is 0.412. The first kappa shape index (κ1) is 18.9. The topological polar surface area (TPSA) is 95.9 Å². The molecule has 0 radical (unpaired) electrons. The van der Waals surface area contributed by atoms with Gasteiger partial charge in [-0.3, -0.25) is 4.79 Å². The first-order chi connectivity index (χ1) is 10.7. The molecule has 1 aromatic rings. The summed E-state index contributed by atoms with van der Waals surface area (Å²) in [5.74, 6) is -1.24. The molecule has 0 aliphatic carbocycles. The Morgan fingerprint density at radius 2 is 1.87 bits per heavy atom. The van der Waals surface area contributed by atoms with Gasteiger partial charge in [-0.1, -0.05) is 36.4 Å². The zero-order valence-corrected chi connectivity index (χ0v) is 13.5. The second-order valence-corrected chi connectivity index (χ2v) is 6.00. The van der Waals surface area contributed by atoms with E-state index in [4.69, 9.17) is 4.74 Å². The lowest BCUT2D eigenvalue weighted by Gasteiger charge is -2.19. The Kier molecular flexibility index (Phi) is 6.93. The molecule has 0 saturated carbocycles. The predicted octanol–water partition coefficient (Wildman–Crippen LogP) is 1.09. The van der Waals surface area contributed by atoms with E-state index < -0.39 is 36.2 Å². The Morgan fingerprint density at radius 3 is 2.39 bits per heavy atom. The van der Waals surface area contributed by atoms with Crippen molar-refractivity contribution in [1.29, 1.82) is 0 Å². The van der Waals surface area contributed by atoms with Gasteiger partial charge in [-0.2, -0.15) is 0 Å². The molecule has 3 N–H and O–H groups in total. The largest absolute Gasteiger partial charge is 0.457 e. The van der Waals surface area contributed by atoms with E-state index in [9.17, 15) is 19.8 Å². The summed E-state index contributed by atoms with van der Waals surface area (Å²) in [4.78, 5) is 23.5. The van der Waals surface area contributed by atoms with Gasteiger partial charge in [0, 0.05) is 6.08 Å². The Bertz CT molecular complexity index is 548. The van der Waals surface area contributed by atoms with Crippen LogP contribution in [0.4, 0.5) is 0 Å². The van der Waals surface area contributed by atoms with E-state index in [1.54, 1.807) is 51.1 Å². The molecule has 0 unspecified atom stereocenters. The summed E-state index contributed by atoms with van der Waals surface area (Å²) in [6, 6.07) is 7.63. The zero-order valence-electron chi connectivity index (χ0n) is 13.5. The second-order valence-electron chi connectivity index (χ2n) is 6.00. The van der Waals surface area contributed by atoms with Gasteiger partial charge in [-0.15, -0.1) is 0 Å². The Balaban J connectivity index is 2.62. The van der Waals surface area contributed by atoms with E-state index >= 15 is 0 Å². The Labute approximate surface area is 135 Å². The average Bonchev–Trinajstić information content (AvgIpc) is 2.49. The van der Waals surface area contributed by atoms with Crippen LogP contribution < -0.4 is 5.32 Å². The molecule has 126 valence electrons. The molecule has 0 fully saturated rings. The fourth-order valence-electron chi connectivity index (χ4n) is 1.73. The van der Waals surface area contributed by atoms with E-state index in [2.05, 4.69) is 5.32 Å². The van der Waals surface area contributed by atoms with E-state index in [1.807, 2.05) is 0 Å². The van der Waals surface area contributed by atoms with Crippen molar-refractivity contribution in [3.63, 3.8) is 0 Å². The van der Waals surface area contributed by atoms with Crippen LogP contribution in [0, 0.1) is 0 Å². The smallest absolute Gasteiger partial charge is 0.331 e. The molecule has 6 nitrogen and oxygen atoms in total. The molecule has 0 bridgehead atoms. The molecule has 1 amide bonds. The normalized spacial score (nSPS) is 14.3. The van der Waals surface area contributed by atoms with Crippen molar-refractivity contribution in [1.82, 2.24) is 5.32 Å². The first-order valence-electron chi connectivity index (χ1n) is 7.28. The number of benzene rings is 1. The number of nitrogens with one attached hydrogen (secondary N) is 1. The number of esters is 1. The molecule has 0 saturated heterocycles. The number of aliphatic hydroxyl groups excluding tert-OH is 2. The summed E-state index contributed by atoms with van der Waals surface area (Å²) >= 11 is 0. The van der Waals surface area contributed by atoms with Crippen LogP contribution in [0.25, 0.3) is 0 Å². The number of carbonyl (C=O) groups is 2. The highest BCUT2D eigenvalue weighted by Gasteiger charge is 2.20. The van der Waals surface area contributed by atoms with Gasteiger partial charge in [0.15, 0.2) is 6.10 Å². The van der Waals surface area contributed by atoms with Gasteiger partial charge in [-0.05, 0) is 26.3 Å². The Hall–Kier alpha value is -2.18. The molecule has 1 aromatic carbocycles. The summed E-state index contributed by atoms with van der Waals surface area (Å²) in [5.41, 5.74) is -0.180. The third kappa shape index (κ3) is 7.08. The summed E-state index contributed by atoms with van der Waals surface area (Å²) in [6.45, 7) is 4.80. The lowest BCUT2D eigenvalue weighted by Crippen LogP contribution is -2.39. The van der Waals surface area contributed by atoms with Gasteiger partial charge in [0.2, 0.25) is 0 Å². The molecule has 1 rings (SSSR count). The van der Waals surface area contributed by atoms with E-state index in [0.717, 1.165) is 6.08 Å². The maximum absolute atomic E-state index is 12.0. The van der Waals surface area contributed by atoms with E-state index in [0.29, 0.717) is 5.56 Å². The van der Waals surface area contributed by atoms with Crippen molar-refractivity contribution < 1.29 is 24.5 Å². The molecule has 0 heterocycles. The molecule has 0 aliphatic heterocycles. The maximum Gasteiger partial charge on any atom is 0.331 e. The molecule has 2 atom stereocenters. The number of hydrogen-bond donors (Lipinski definition) is 3. The minimum absolute atomic E-state index is 0.410. The molecular formula is C17H23NO5. The molecule has 23 heavy (non-hydrogen) atoms. The van der Waals surface area contributed by atoms with Crippen LogP contribution in [0.3, 0.4) is 0 Å². The number of ether oxygens (including phenoxy) is 1. The Morgan fingerprint density at radius 1 is 1.26 bits per heavy atom. The van der Waals surface area contributed by atoms with Crippen molar-refractivity contribution in [2.24, 2.45) is 0 Å². The monoisotopic (exact) mass is 321 g/mol. The van der Waals surface area contributed by atoms with Crippen molar-refractivity contribution in [2.75, 3.05) is 6.61 Å². The first-order valence-corrected chi connectivity index (χ1v) is 7.28. The lowest BCUT2D eigenvalue weighted by atomic mass is 10.1. The standard InChI is InChI=1S/C17H23NO5/c1-17(2,3)23-14(20)10-9-13(11-19)18-16(22)15(21)12-7-5-4-6-8-12/h4-10,13,15,19,21H,11H2,1-3H3,(H,18,22)/b10-9+/t13-,15+/m1/s1. The number of amides is 1. The van der Waals surface area contributed by atoms with Gasteiger partial charge < -0.3 is 20.3 Å². The zero-order chi connectivity index (χ0) is 17.5. The minimum atomic E-state index is -1.35. The quantitative estimate of drug-likeness (QED) is 0.538. The summed E-state index contributed by atoms with van der Waals surface area (Å²) in [6.07, 6.45) is 1.12. The van der Waals surface area contributed by atoms with E-state index in [1.165, 1.54) is 6.08 Å². The van der Waals surface area contributed by atoms with Crippen LogP contribution in [0.1, 0.15) is 32.4 Å². The van der Waals surface area contributed by atoms with Crippen LogP contribution in [0.5, 0.6) is 0 Å². The highest BCUT2D eigenvalue weighted by molar-refractivity contribution is 5.84. The molecule has 0 aromatic heterocycles. The predicted molar refractivity (Wildman–Crippen MR) is 85.4 cm³/mol. The molecular weight excluding hydrogens is 298 g/mol. The van der Waals surface area contributed by atoms with Gasteiger partial charge in [0.1, 0.15) is 5.60 Å². The number of hydrogen-bond acceptors (Lipinski definition) is 5. The van der Waals surface area contributed by atoms with Crippen molar-refractivity contribution in [3.05, 3.63) is 48.0 Å². The second kappa shape index (κ2) is 8.45. The summed E-state index contributed by atoms with van der Waals surface area (Å²) in [5, 5.41) is 21.7. The fourth-order valence-corrected chi connectivity index (χ4v) is 1.73. The molecule has 0 aliphatic rings. The average molecular weight is 321 g/mol. The molecule has 6 heteroatoms. The SMILES string of the molecule is CC(C)(C)OC(=O)/C=C/[C@H](CO)NC(=O)[C@@H](O)c1ccccc1. The third-order valence-corrected chi connectivity index (χ3v) is 2.76. The van der Waals surface area contributed by atoms with Crippen LogP contribution >= 0.6 is 0 Å². The van der Waals surface area contributed by atoms with Crippen LogP contribution in [0.2, 0.25) is 0 Å². The highest BCUT2D eigenvalue weighted by atomic mass is 16.6. The van der Waals surface area contributed by atoms with Crippen LogP contribution in [-0.4, -0.2) is 40.3 Å².